The zero-order chi connectivity index (χ0) is 23.8. The normalized spacial score (nSPS) is 11.8. The number of nitrogens with zero attached hydrogens (tertiary/aromatic N) is 3. The molecule has 3 rings (SSSR count). The zero-order valence-corrected chi connectivity index (χ0v) is 19.7. The van der Waals surface area contributed by atoms with Gasteiger partial charge in [0.05, 0.1) is 18.4 Å². The van der Waals surface area contributed by atoms with Crippen LogP contribution in [0.4, 0.5) is 17.5 Å². The van der Waals surface area contributed by atoms with Gasteiger partial charge in [-0.3, -0.25) is 0 Å². The third kappa shape index (κ3) is 5.95. The van der Waals surface area contributed by atoms with E-state index in [0.29, 0.717) is 35.3 Å². The quantitative estimate of drug-likeness (QED) is 0.322. The Balaban J connectivity index is 1.89. The van der Waals surface area contributed by atoms with Crippen LogP contribution >= 0.6 is 0 Å². The molecular formula is C24H31N7O2. The van der Waals surface area contributed by atoms with E-state index in [4.69, 9.17) is 14.9 Å². The summed E-state index contributed by atoms with van der Waals surface area (Å²) in [5.41, 5.74) is 2.70. The van der Waals surface area contributed by atoms with Crippen LogP contribution in [-0.2, 0) is 4.74 Å². The lowest BCUT2D eigenvalue weighted by Gasteiger charge is -2.23. The Kier molecular flexibility index (Phi) is 7.78. The van der Waals surface area contributed by atoms with Crippen LogP contribution in [-0.4, -0.2) is 54.1 Å². The van der Waals surface area contributed by atoms with Crippen molar-refractivity contribution in [1.82, 2.24) is 20.3 Å². The van der Waals surface area contributed by atoms with Crippen LogP contribution in [0.15, 0.2) is 42.9 Å². The molecule has 0 aliphatic carbocycles. The van der Waals surface area contributed by atoms with Gasteiger partial charge in [-0.25, -0.2) is 15.0 Å². The predicted octanol–water partition coefficient (Wildman–Crippen LogP) is 4.21. The summed E-state index contributed by atoms with van der Waals surface area (Å²) in [6.07, 6.45) is 6.60. The maximum Gasteiger partial charge on any atom is 0.227 e. The van der Waals surface area contributed by atoms with E-state index in [1.54, 1.807) is 26.6 Å². The van der Waals surface area contributed by atoms with Gasteiger partial charge in [-0.05, 0) is 44.5 Å². The van der Waals surface area contributed by atoms with Crippen molar-refractivity contribution < 1.29 is 9.47 Å². The number of benzene rings is 1. The van der Waals surface area contributed by atoms with Gasteiger partial charge in [-0.15, -0.1) is 0 Å². The van der Waals surface area contributed by atoms with E-state index >= 15 is 0 Å². The van der Waals surface area contributed by atoms with Crippen LogP contribution in [0.2, 0.25) is 0 Å². The molecule has 174 valence electrons. The van der Waals surface area contributed by atoms with E-state index in [0.717, 1.165) is 23.1 Å². The van der Waals surface area contributed by atoms with Gasteiger partial charge in [0.2, 0.25) is 5.95 Å². The monoisotopic (exact) mass is 449 g/mol. The van der Waals surface area contributed by atoms with Gasteiger partial charge < -0.3 is 30.8 Å². The minimum absolute atomic E-state index is 0.344. The fraction of sp³-hybridized carbons (Fsp3) is 0.333. The number of rotatable bonds is 11. The molecule has 0 aliphatic heterocycles. The molecule has 0 bridgehead atoms. The molecule has 0 amide bonds. The topological polar surface area (TPSA) is 117 Å². The predicted molar refractivity (Wildman–Crippen MR) is 134 cm³/mol. The second kappa shape index (κ2) is 10.7. The van der Waals surface area contributed by atoms with Crippen LogP contribution < -0.4 is 20.7 Å². The molecule has 1 aromatic carbocycles. The first-order valence-corrected chi connectivity index (χ1v) is 10.7. The first kappa shape index (κ1) is 23.9. The Labute approximate surface area is 194 Å². The Morgan fingerprint density at radius 2 is 2.00 bits per heavy atom. The number of fused-ring (bicyclic) bond motifs is 1. The Morgan fingerprint density at radius 1 is 1.18 bits per heavy atom. The van der Waals surface area contributed by atoms with Gasteiger partial charge in [0.1, 0.15) is 11.3 Å². The van der Waals surface area contributed by atoms with Gasteiger partial charge >= 0.3 is 0 Å². The van der Waals surface area contributed by atoms with Gasteiger partial charge in [0.25, 0.3) is 0 Å². The van der Waals surface area contributed by atoms with Crippen molar-refractivity contribution >= 4 is 40.1 Å². The molecule has 4 N–H and O–H groups in total. The van der Waals surface area contributed by atoms with Gasteiger partial charge in [-0.2, -0.15) is 0 Å². The standard InChI is InChI=1S/C24H31N7O2/c1-6-26-13-18(12-25)16-7-8-19(20(11-16)32-4)30-23-28-14-17-9-10-27-22(21(17)31-23)29-15-24(2,3)33-5/h7-14,25-26H,6,15H2,1-5H3,(H,27,29)(H,28,30,31)/b18-13+,25-12?. The number of hydrogen-bond donors (Lipinski definition) is 4. The van der Waals surface area contributed by atoms with Crippen molar-refractivity contribution in [2.75, 3.05) is 37.9 Å². The number of hydrogen-bond acceptors (Lipinski definition) is 9. The SMILES string of the molecule is CCN/C=C(\C=N)c1ccc(Nc2ncc3ccnc(NCC(C)(C)OC)c3n2)c(OC)c1. The summed E-state index contributed by atoms with van der Waals surface area (Å²) >= 11 is 0. The number of pyridine rings is 1. The van der Waals surface area contributed by atoms with Crippen molar-refractivity contribution in [1.29, 1.82) is 5.41 Å². The van der Waals surface area contributed by atoms with E-state index < -0.39 is 0 Å². The average Bonchev–Trinajstić information content (AvgIpc) is 2.83. The number of ether oxygens (including phenoxy) is 2. The molecular weight excluding hydrogens is 418 g/mol. The zero-order valence-electron chi connectivity index (χ0n) is 19.7. The number of allylic oxidation sites excluding steroid dienone is 1. The Bertz CT molecular complexity index is 1140. The van der Waals surface area contributed by atoms with Crippen molar-refractivity contribution in [3.05, 3.63) is 48.4 Å². The van der Waals surface area contributed by atoms with Crippen molar-refractivity contribution in [2.24, 2.45) is 0 Å². The van der Waals surface area contributed by atoms with Crippen LogP contribution in [0.1, 0.15) is 26.3 Å². The van der Waals surface area contributed by atoms with E-state index in [1.165, 1.54) is 6.21 Å². The smallest absolute Gasteiger partial charge is 0.227 e. The van der Waals surface area contributed by atoms with Gasteiger partial charge in [-0.1, -0.05) is 6.07 Å². The minimum atomic E-state index is -0.344. The van der Waals surface area contributed by atoms with Crippen molar-refractivity contribution in [3.63, 3.8) is 0 Å². The average molecular weight is 450 g/mol. The molecule has 9 nitrogen and oxygen atoms in total. The Hall–Kier alpha value is -3.72. The fourth-order valence-electron chi connectivity index (χ4n) is 3.03. The molecule has 3 aromatic rings. The van der Waals surface area contributed by atoms with Crippen LogP contribution in [0, 0.1) is 5.41 Å². The number of anilines is 3. The van der Waals surface area contributed by atoms with E-state index in [2.05, 4.69) is 30.9 Å². The minimum Gasteiger partial charge on any atom is -0.495 e. The van der Waals surface area contributed by atoms with E-state index in [1.807, 2.05) is 51.2 Å². The van der Waals surface area contributed by atoms with Crippen molar-refractivity contribution in [3.8, 4) is 5.75 Å². The van der Waals surface area contributed by atoms with Gasteiger partial charge in [0, 0.05) is 56.0 Å². The molecule has 0 radical (unpaired) electrons. The molecule has 0 fully saturated rings. The molecule has 2 aromatic heterocycles. The molecule has 0 atom stereocenters. The summed E-state index contributed by atoms with van der Waals surface area (Å²) in [4.78, 5) is 13.6. The number of nitrogens with one attached hydrogen (secondary N) is 4. The highest BCUT2D eigenvalue weighted by Crippen LogP contribution is 2.30. The number of aromatic nitrogens is 3. The maximum atomic E-state index is 7.69. The lowest BCUT2D eigenvalue weighted by Crippen LogP contribution is -2.32. The third-order valence-corrected chi connectivity index (χ3v) is 5.13. The third-order valence-electron chi connectivity index (χ3n) is 5.13. The highest BCUT2D eigenvalue weighted by Gasteiger charge is 2.17. The van der Waals surface area contributed by atoms with E-state index in [9.17, 15) is 0 Å². The molecule has 0 saturated carbocycles. The molecule has 9 heteroatoms. The fourth-order valence-corrected chi connectivity index (χ4v) is 3.03. The highest BCUT2D eigenvalue weighted by atomic mass is 16.5. The number of methoxy groups -OCH3 is 2. The Morgan fingerprint density at radius 3 is 2.70 bits per heavy atom. The molecule has 0 unspecified atom stereocenters. The molecule has 0 aliphatic rings. The summed E-state index contributed by atoms with van der Waals surface area (Å²) in [5.74, 6) is 1.70. The molecule has 0 saturated heterocycles. The lowest BCUT2D eigenvalue weighted by molar-refractivity contribution is 0.0343. The van der Waals surface area contributed by atoms with Crippen LogP contribution in [0.25, 0.3) is 16.5 Å². The maximum absolute atomic E-state index is 7.69. The molecule has 2 heterocycles. The lowest BCUT2D eigenvalue weighted by atomic mass is 10.1. The first-order chi connectivity index (χ1) is 15.9. The summed E-state index contributed by atoms with van der Waals surface area (Å²) in [6.45, 7) is 7.36. The van der Waals surface area contributed by atoms with Crippen LogP contribution in [0.3, 0.4) is 0 Å². The second-order valence-corrected chi connectivity index (χ2v) is 7.95. The van der Waals surface area contributed by atoms with Gasteiger partial charge in [0.15, 0.2) is 5.82 Å². The first-order valence-electron chi connectivity index (χ1n) is 10.7. The van der Waals surface area contributed by atoms with Crippen molar-refractivity contribution in [2.45, 2.75) is 26.4 Å². The summed E-state index contributed by atoms with van der Waals surface area (Å²) in [5, 5.41) is 18.2. The van der Waals surface area contributed by atoms with Crippen LogP contribution in [0.5, 0.6) is 5.75 Å². The highest BCUT2D eigenvalue weighted by molar-refractivity contribution is 6.08. The summed E-state index contributed by atoms with van der Waals surface area (Å²) < 4.78 is 11.1. The molecule has 33 heavy (non-hydrogen) atoms. The second-order valence-electron chi connectivity index (χ2n) is 7.95. The summed E-state index contributed by atoms with van der Waals surface area (Å²) in [7, 11) is 3.29. The summed E-state index contributed by atoms with van der Waals surface area (Å²) in [6, 6.07) is 7.55. The van der Waals surface area contributed by atoms with E-state index in [-0.39, 0.29) is 5.60 Å². The molecule has 0 spiro atoms. The largest absolute Gasteiger partial charge is 0.495 e.